The average Bonchev–Trinajstić information content (AvgIpc) is 2.55. The Labute approximate surface area is 134 Å². The number of hydrogen-bond acceptors (Lipinski definition) is 5. The van der Waals surface area contributed by atoms with Crippen molar-refractivity contribution in [3.05, 3.63) is 53.2 Å². The van der Waals surface area contributed by atoms with Crippen molar-refractivity contribution in [1.29, 1.82) is 0 Å². The lowest BCUT2D eigenvalue weighted by molar-refractivity contribution is -0.119. The van der Waals surface area contributed by atoms with Crippen LogP contribution >= 0.6 is 0 Å². The minimum absolute atomic E-state index is 0.255. The number of hydrogen-bond donors (Lipinski definition) is 1. The third kappa shape index (κ3) is 4.54. The summed E-state index contributed by atoms with van der Waals surface area (Å²) in [5.41, 5.74) is 3.01. The van der Waals surface area contributed by atoms with Gasteiger partial charge in [0.2, 0.25) is 5.88 Å². The lowest BCUT2D eigenvalue weighted by atomic mass is 10.1. The molecule has 0 saturated carbocycles. The first-order chi connectivity index (χ1) is 11.0. The molecule has 120 valence electrons. The van der Waals surface area contributed by atoms with Crippen LogP contribution in [0.3, 0.4) is 0 Å². The largest absolute Gasteiger partial charge is 0.481 e. The third-order valence-corrected chi connectivity index (χ3v) is 3.17. The van der Waals surface area contributed by atoms with E-state index in [1.807, 2.05) is 32.0 Å². The summed E-state index contributed by atoms with van der Waals surface area (Å²) in [6.07, 6.45) is 1.34. The predicted molar refractivity (Wildman–Crippen MR) is 85.6 cm³/mol. The molecule has 1 heterocycles. The summed E-state index contributed by atoms with van der Waals surface area (Å²) in [4.78, 5) is 27.6. The van der Waals surface area contributed by atoms with Crippen LogP contribution in [0.5, 0.6) is 5.88 Å². The monoisotopic (exact) mass is 314 g/mol. The minimum Gasteiger partial charge on any atom is -0.481 e. The maximum atomic E-state index is 11.9. The molecule has 6 nitrogen and oxygen atoms in total. The van der Waals surface area contributed by atoms with Crippen LogP contribution in [0.4, 0.5) is 5.69 Å². The molecule has 0 bridgehead atoms. The molecule has 1 aromatic carbocycles. The molecule has 1 N–H and O–H groups in total. The number of benzene rings is 1. The highest BCUT2D eigenvalue weighted by Gasteiger charge is 2.11. The summed E-state index contributed by atoms with van der Waals surface area (Å²) < 4.78 is 9.87. The fourth-order valence-electron chi connectivity index (χ4n) is 1.98. The molecule has 23 heavy (non-hydrogen) atoms. The molecule has 1 amide bonds. The molecule has 2 aromatic rings. The van der Waals surface area contributed by atoms with Gasteiger partial charge in [0.15, 0.2) is 6.61 Å². The number of pyridine rings is 1. The van der Waals surface area contributed by atoms with E-state index < -0.39 is 11.9 Å². The number of ether oxygens (including phenoxy) is 2. The van der Waals surface area contributed by atoms with Gasteiger partial charge in [-0.3, -0.25) is 4.79 Å². The summed E-state index contributed by atoms with van der Waals surface area (Å²) in [5.74, 6) is -0.614. The van der Waals surface area contributed by atoms with Gasteiger partial charge in [-0.25, -0.2) is 9.78 Å². The van der Waals surface area contributed by atoms with Crippen LogP contribution in [0.1, 0.15) is 21.5 Å². The van der Waals surface area contributed by atoms with Gasteiger partial charge in [0.25, 0.3) is 5.91 Å². The van der Waals surface area contributed by atoms with Gasteiger partial charge in [0.1, 0.15) is 0 Å². The van der Waals surface area contributed by atoms with E-state index in [4.69, 9.17) is 9.47 Å². The molecule has 6 heteroatoms. The summed E-state index contributed by atoms with van der Waals surface area (Å²) in [5, 5.41) is 2.71. The van der Waals surface area contributed by atoms with Crippen molar-refractivity contribution in [3.63, 3.8) is 0 Å². The van der Waals surface area contributed by atoms with Crippen LogP contribution in [-0.4, -0.2) is 30.6 Å². The van der Waals surface area contributed by atoms with Crippen LogP contribution in [0.2, 0.25) is 0 Å². The predicted octanol–water partition coefficient (Wildman–Crippen LogP) is 2.50. The normalized spacial score (nSPS) is 10.0. The fraction of sp³-hybridized carbons (Fsp3) is 0.235. The van der Waals surface area contributed by atoms with Crippen molar-refractivity contribution in [3.8, 4) is 5.88 Å². The van der Waals surface area contributed by atoms with Crippen molar-refractivity contribution >= 4 is 17.6 Å². The molecule has 2 rings (SSSR count). The van der Waals surface area contributed by atoms with Gasteiger partial charge in [-0.2, -0.15) is 0 Å². The van der Waals surface area contributed by atoms with E-state index >= 15 is 0 Å². The van der Waals surface area contributed by atoms with Crippen molar-refractivity contribution in [1.82, 2.24) is 4.98 Å². The molecule has 0 aliphatic heterocycles. The maximum Gasteiger partial charge on any atom is 0.340 e. The topological polar surface area (TPSA) is 77.5 Å². The highest BCUT2D eigenvalue weighted by molar-refractivity contribution is 5.95. The first kappa shape index (κ1) is 16.5. The first-order valence-corrected chi connectivity index (χ1v) is 7.04. The quantitative estimate of drug-likeness (QED) is 0.858. The van der Waals surface area contributed by atoms with E-state index in [-0.39, 0.29) is 12.2 Å². The zero-order chi connectivity index (χ0) is 16.8. The first-order valence-electron chi connectivity index (χ1n) is 7.04. The molecule has 0 fully saturated rings. The molecule has 0 atom stereocenters. The molecule has 0 spiro atoms. The molecule has 0 aliphatic carbocycles. The Morgan fingerprint density at radius 1 is 1.17 bits per heavy atom. The van der Waals surface area contributed by atoms with Gasteiger partial charge in [-0.1, -0.05) is 17.7 Å². The highest BCUT2D eigenvalue weighted by Crippen LogP contribution is 2.16. The van der Waals surface area contributed by atoms with Crippen LogP contribution < -0.4 is 10.1 Å². The van der Waals surface area contributed by atoms with E-state index in [1.165, 1.54) is 19.4 Å². The molecular weight excluding hydrogens is 296 g/mol. The number of aromatic nitrogens is 1. The number of carbonyl (C=O) groups excluding carboxylic acids is 2. The Bertz CT molecular complexity index is 711. The number of amides is 1. The summed E-state index contributed by atoms with van der Waals surface area (Å²) in [6, 6.07) is 8.75. The van der Waals surface area contributed by atoms with Gasteiger partial charge in [-0.05, 0) is 31.5 Å². The fourth-order valence-corrected chi connectivity index (χ4v) is 1.98. The molecule has 1 aromatic heterocycles. The van der Waals surface area contributed by atoms with Crippen LogP contribution in [-0.2, 0) is 9.53 Å². The number of anilines is 1. The van der Waals surface area contributed by atoms with E-state index in [0.29, 0.717) is 11.6 Å². The Morgan fingerprint density at radius 3 is 2.57 bits per heavy atom. The number of carbonyl (C=O) groups is 2. The molecule has 0 aliphatic rings. The van der Waals surface area contributed by atoms with Crippen LogP contribution in [0, 0.1) is 13.8 Å². The number of nitrogens with one attached hydrogen (secondary N) is 1. The zero-order valence-corrected chi connectivity index (χ0v) is 13.3. The van der Waals surface area contributed by atoms with Crippen molar-refractivity contribution in [2.24, 2.45) is 0 Å². The van der Waals surface area contributed by atoms with Crippen LogP contribution in [0.25, 0.3) is 0 Å². The SMILES string of the molecule is COc1ccc(C(=O)OCC(=O)Nc2ccc(C)cc2C)cn1. The van der Waals surface area contributed by atoms with Crippen molar-refractivity contribution in [2.45, 2.75) is 13.8 Å². The highest BCUT2D eigenvalue weighted by atomic mass is 16.5. The average molecular weight is 314 g/mol. The smallest absolute Gasteiger partial charge is 0.340 e. The minimum atomic E-state index is -0.615. The lowest BCUT2D eigenvalue weighted by Crippen LogP contribution is -2.21. The Hall–Kier alpha value is -2.89. The van der Waals surface area contributed by atoms with Gasteiger partial charge < -0.3 is 14.8 Å². The van der Waals surface area contributed by atoms with Gasteiger partial charge in [-0.15, -0.1) is 0 Å². The second-order valence-electron chi connectivity index (χ2n) is 5.03. The maximum absolute atomic E-state index is 11.9. The van der Waals surface area contributed by atoms with E-state index in [0.717, 1.165) is 11.1 Å². The molecule has 0 saturated heterocycles. The second kappa shape index (κ2) is 7.40. The van der Waals surface area contributed by atoms with Crippen molar-refractivity contribution in [2.75, 3.05) is 19.0 Å². The van der Waals surface area contributed by atoms with E-state index in [2.05, 4.69) is 10.3 Å². The zero-order valence-electron chi connectivity index (χ0n) is 13.3. The Balaban J connectivity index is 1.89. The third-order valence-electron chi connectivity index (χ3n) is 3.17. The Kier molecular flexibility index (Phi) is 5.30. The molecule has 0 radical (unpaired) electrons. The number of rotatable bonds is 5. The molecule has 0 unspecified atom stereocenters. The van der Waals surface area contributed by atoms with E-state index in [1.54, 1.807) is 6.07 Å². The van der Waals surface area contributed by atoms with Gasteiger partial charge >= 0.3 is 5.97 Å². The number of nitrogens with zero attached hydrogens (tertiary/aromatic N) is 1. The van der Waals surface area contributed by atoms with Gasteiger partial charge in [0, 0.05) is 18.0 Å². The summed E-state index contributed by atoms with van der Waals surface area (Å²) in [7, 11) is 1.48. The van der Waals surface area contributed by atoms with Crippen molar-refractivity contribution < 1.29 is 19.1 Å². The molecular formula is C17H18N2O4. The standard InChI is InChI=1S/C17H18N2O4/c1-11-4-6-14(12(2)8-11)19-15(20)10-23-17(21)13-5-7-16(22-3)18-9-13/h4-9H,10H2,1-3H3,(H,19,20). The van der Waals surface area contributed by atoms with Gasteiger partial charge in [0.05, 0.1) is 12.7 Å². The second-order valence-corrected chi connectivity index (χ2v) is 5.03. The van der Waals surface area contributed by atoms with E-state index in [9.17, 15) is 9.59 Å². The number of methoxy groups -OCH3 is 1. The Morgan fingerprint density at radius 2 is 1.96 bits per heavy atom. The number of esters is 1. The summed E-state index contributed by atoms with van der Waals surface area (Å²) >= 11 is 0. The van der Waals surface area contributed by atoms with Crippen LogP contribution in [0.15, 0.2) is 36.5 Å². The number of aryl methyl sites for hydroxylation is 2. The lowest BCUT2D eigenvalue weighted by Gasteiger charge is -2.09. The summed E-state index contributed by atoms with van der Waals surface area (Å²) in [6.45, 7) is 3.51.